The molecule has 33 heavy (non-hydrogen) atoms. The Morgan fingerprint density at radius 2 is 1.82 bits per heavy atom. The van der Waals surface area contributed by atoms with E-state index in [-0.39, 0.29) is 29.0 Å². The van der Waals surface area contributed by atoms with Gasteiger partial charge in [0.15, 0.2) is 5.82 Å². The van der Waals surface area contributed by atoms with Crippen molar-refractivity contribution in [2.45, 2.75) is 13.8 Å². The molecule has 3 N–H and O–H groups in total. The first-order valence-corrected chi connectivity index (χ1v) is 11.1. The normalized spacial score (nSPS) is 10.2. The molecule has 2 aromatic heterocycles. The third-order valence-corrected chi connectivity index (χ3v) is 4.83. The Hall–Kier alpha value is -3.36. The van der Waals surface area contributed by atoms with Crippen molar-refractivity contribution in [3.63, 3.8) is 0 Å². The van der Waals surface area contributed by atoms with Crippen molar-refractivity contribution in [1.29, 1.82) is 5.41 Å². The SMILES string of the molecule is CC.CN(C)CCNC(=O)CNc1nnc(-c2ccccc2)c(Cl)c1C(=N)c1cccnc1. The molecule has 0 spiro atoms. The number of halogens is 1. The summed E-state index contributed by atoms with van der Waals surface area (Å²) in [5.41, 5.74) is 2.33. The quantitative estimate of drug-likeness (QED) is 0.414. The van der Waals surface area contributed by atoms with E-state index in [0.29, 0.717) is 23.4 Å². The van der Waals surface area contributed by atoms with Crippen LogP contribution in [0.5, 0.6) is 0 Å². The van der Waals surface area contributed by atoms with Crippen LogP contribution >= 0.6 is 11.6 Å². The van der Waals surface area contributed by atoms with Gasteiger partial charge in [-0.2, -0.15) is 0 Å². The van der Waals surface area contributed by atoms with E-state index < -0.39 is 0 Å². The van der Waals surface area contributed by atoms with Crippen LogP contribution in [0, 0.1) is 5.41 Å². The number of hydrogen-bond donors (Lipinski definition) is 3. The lowest BCUT2D eigenvalue weighted by Crippen LogP contribution is -2.35. The predicted molar refractivity (Wildman–Crippen MR) is 134 cm³/mol. The number of hydrogen-bond acceptors (Lipinski definition) is 7. The van der Waals surface area contributed by atoms with Gasteiger partial charge in [0.05, 0.1) is 22.8 Å². The van der Waals surface area contributed by atoms with Gasteiger partial charge in [-0.3, -0.25) is 15.2 Å². The second-order valence-electron chi connectivity index (χ2n) is 7.08. The van der Waals surface area contributed by atoms with Gasteiger partial charge in [0.2, 0.25) is 5.91 Å². The van der Waals surface area contributed by atoms with Gasteiger partial charge in [0, 0.05) is 36.6 Å². The summed E-state index contributed by atoms with van der Waals surface area (Å²) in [4.78, 5) is 18.3. The van der Waals surface area contributed by atoms with Crippen LogP contribution in [0.1, 0.15) is 25.0 Å². The molecular formula is C24H30ClN7O. The van der Waals surface area contributed by atoms with Crippen molar-refractivity contribution in [3.8, 4) is 11.3 Å². The van der Waals surface area contributed by atoms with Gasteiger partial charge in [-0.15, -0.1) is 10.2 Å². The highest BCUT2D eigenvalue weighted by Gasteiger charge is 2.21. The summed E-state index contributed by atoms with van der Waals surface area (Å²) in [6.07, 6.45) is 3.22. The summed E-state index contributed by atoms with van der Waals surface area (Å²) in [5, 5.41) is 23.3. The Kier molecular flexibility index (Phi) is 10.4. The summed E-state index contributed by atoms with van der Waals surface area (Å²) in [5.74, 6) is 0.0760. The number of nitrogens with zero attached hydrogens (tertiary/aromatic N) is 4. The van der Waals surface area contributed by atoms with Crippen molar-refractivity contribution in [1.82, 2.24) is 25.4 Å². The average molecular weight is 468 g/mol. The second-order valence-corrected chi connectivity index (χ2v) is 7.45. The molecule has 1 aromatic carbocycles. The average Bonchev–Trinajstić information content (AvgIpc) is 2.84. The van der Waals surface area contributed by atoms with E-state index in [9.17, 15) is 4.79 Å². The molecule has 8 nitrogen and oxygen atoms in total. The first-order valence-electron chi connectivity index (χ1n) is 10.7. The smallest absolute Gasteiger partial charge is 0.239 e. The lowest BCUT2D eigenvalue weighted by Gasteiger charge is -2.16. The van der Waals surface area contributed by atoms with Gasteiger partial charge < -0.3 is 15.5 Å². The molecule has 0 unspecified atom stereocenters. The molecule has 0 saturated heterocycles. The fourth-order valence-corrected chi connectivity index (χ4v) is 3.18. The third kappa shape index (κ3) is 7.34. The fraction of sp³-hybridized carbons (Fsp3) is 0.292. The largest absolute Gasteiger partial charge is 0.359 e. The number of benzene rings is 1. The van der Waals surface area contributed by atoms with Crippen molar-refractivity contribution >= 4 is 29.0 Å². The van der Waals surface area contributed by atoms with E-state index in [2.05, 4.69) is 25.8 Å². The zero-order valence-electron chi connectivity index (χ0n) is 19.4. The topological polar surface area (TPSA) is 107 Å². The van der Waals surface area contributed by atoms with Crippen molar-refractivity contribution in [3.05, 3.63) is 71.0 Å². The van der Waals surface area contributed by atoms with Gasteiger partial charge in [-0.25, -0.2) is 0 Å². The maximum atomic E-state index is 12.2. The van der Waals surface area contributed by atoms with Crippen LogP contribution in [0.25, 0.3) is 11.3 Å². The molecule has 174 valence electrons. The number of amides is 1. The Balaban J connectivity index is 0.00000187. The number of rotatable bonds is 9. The first kappa shape index (κ1) is 25.9. The molecule has 3 rings (SSSR count). The van der Waals surface area contributed by atoms with E-state index in [1.807, 2.05) is 63.2 Å². The van der Waals surface area contributed by atoms with Crippen LogP contribution in [-0.4, -0.2) is 65.4 Å². The van der Waals surface area contributed by atoms with Crippen LogP contribution in [-0.2, 0) is 4.79 Å². The van der Waals surface area contributed by atoms with E-state index in [1.165, 1.54) is 0 Å². The molecule has 0 saturated carbocycles. The van der Waals surface area contributed by atoms with Crippen molar-refractivity contribution in [2.75, 3.05) is 39.0 Å². The van der Waals surface area contributed by atoms with E-state index in [0.717, 1.165) is 12.1 Å². The van der Waals surface area contributed by atoms with Gasteiger partial charge in [-0.1, -0.05) is 55.8 Å². The van der Waals surface area contributed by atoms with Crippen LogP contribution in [0.2, 0.25) is 5.02 Å². The molecule has 9 heteroatoms. The maximum Gasteiger partial charge on any atom is 0.239 e. The van der Waals surface area contributed by atoms with Crippen LogP contribution < -0.4 is 10.6 Å². The molecule has 0 aliphatic heterocycles. The minimum absolute atomic E-state index is 0.0174. The minimum atomic E-state index is -0.189. The zero-order chi connectivity index (χ0) is 24.2. The molecule has 1 amide bonds. The first-order chi connectivity index (χ1) is 16.0. The summed E-state index contributed by atoms with van der Waals surface area (Å²) >= 11 is 6.72. The monoisotopic (exact) mass is 467 g/mol. The molecule has 0 atom stereocenters. The van der Waals surface area contributed by atoms with Crippen molar-refractivity contribution in [2.24, 2.45) is 0 Å². The second kappa shape index (κ2) is 13.2. The summed E-state index contributed by atoms with van der Waals surface area (Å²) in [7, 11) is 3.87. The summed E-state index contributed by atoms with van der Waals surface area (Å²) in [6, 6.07) is 12.9. The molecule has 0 bridgehead atoms. The summed E-state index contributed by atoms with van der Waals surface area (Å²) in [6.45, 7) is 5.25. The Bertz CT molecular complexity index is 1040. The van der Waals surface area contributed by atoms with Crippen LogP contribution in [0.3, 0.4) is 0 Å². The van der Waals surface area contributed by atoms with Crippen LogP contribution in [0.15, 0.2) is 54.9 Å². The molecule has 0 aliphatic rings. The predicted octanol–water partition coefficient (Wildman–Crippen LogP) is 3.72. The van der Waals surface area contributed by atoms with Crippen molar-refractivity contribution < 1.29 is 4.79 Å². The van der Waals surface area contributed by atoms with E-state index in [1.54, 1.807) is 24.5 Å². The van der Waals surface area contributed by atoms with Gasteiger partial charge in [0.25, 0.3) is 0 Å². The standard InChI is InChI=1S/C22H24ClN7O.C2H6/c1-30(2)12-11-26-17(31)14-27-22-18(20(24)16-9-6-10-25-13-16)19(23)21(28-29-22)15-7-4-3-5-8-15;1-2/h3-10,13,24H,11-12,14H2,1-2H3,(H,26,31)(H,27,29);1-2H3. The van der Waals surface area contributed by atoms with Gasteiger partial charge in [-0.05, 0) is 26.2 Å². The van der Waals surface area contributed by atoms with Crippen LogP contribution in [0.4, 0.5) is 5.82 Å². The molecule has 2 heterocycles. The van der Waals surface area contributed by atoms with Gasteiger partial charge >= 0.3 is 0 Å². The van der Waals surface area contributed by atoms with Gasteiger partial charge in [0.1, 0.15) is 5.69 Å². The minimum Gasteiger partial charge on any atom is -0.359 e. The molecular weight excluding hydrogens is 438 g/mol. The number of pyridine rings is 1. The zero-order valence-corrected chi connectivity index (χ0v) is 20.1. The number of carbonyl (C=O) groups excluding carboxylic acids is 1. The number of likely N-dealkylation sites (N-methyl/N-ethyl adjacent to an activating group) is 1. The number of aromatic nitrogens is 3. The number of nitrogens with one attached hydrogen (secondary N) is 3. The Labute approximate surface area is 199 Å². The summed E-state index contributed by atoms with van der Waals surface area (Å²) < 4.78 is 0. The lowest BCUT2D eigenvalue weighted by atomic mass is 10.0. The molecule has 0 radical (unpaired) electrons. The highest BCUT2D eigenvalue weighted by atomic mass is 35.5. The third-order valence-electron chi connectivity index (χ3n) is 4.46. The number of carbonyl (C=O) groups is 1. The van der Waals surface area contributed by atoms with E-state index in [4.69, 9.17) is 17.0 Å². The fourth-order valence-electron chi connectivity index (χ4n) is 2.85. The highest BCUT2D eigenvalue weighted by Crippen LogP contribution is 2.33. The van der Waals surface area contributed by atoms with E-state index >= 15 is 0 Å². The highest BCUT2D eigenvalue weighted by molar-refractivity contribution is 6.38. The number of anilines is 1. The maximum absolute atomic E-state index is 12.2. The molecule has 3 aromatic rings. The molecule has 0 fully saturated rings. The Morgan fingerprint density at radius 1 is 1.09 bits per heavy atom. The lowest BCUT2D eigenvalue weighted by molar-refractivity contribution is -0.119. The Morgan fingerprint density at radius 3 is 2.45 bits per heavy atom. The molecule has 0 aliphatic carbocycles.